The van der Waals surface area contributed by atoms with Crippen molar-refractivity contribution in [1.82, 2.24) is 15.1 Å². The van der Waals surface area contributed by atoms with Gasteiger partial charge in [0.15, 0.2) is 0 Å². The number of nitrogens with zero attached hydrogens (tertiary/aromatic N) is 2. The van der Waals surface area contributed by atoms with E-state index >= 15 is 0 Å². The highest BCUT2D eigenvalue weighted by atomic mass is 19.3. The van der Waals surface area contributed by atoms with Crippen molar-refractivity contribution in [3.8, 4) is 5.75 Å². The normalized spacial score (nSPS) is 17.3. The highest BCUT2D eigenvalue weighted by Gasteiger charge is 2.19. The molecule has 23 heavy (non-hydrogen) atoms. The molecule has 1 aliphatic heterocycles. The molecule has 0 aliphatic carbocycles. The zero-order chi connectivity index (χ0) is 16.2. The van der Waals surface area contributed by atoms with Gasteiger partial charge in [-0.15, -0.1) is 0 Å². The summed E-state index contributed by atoms with van der Waals surface area (Å²) in [5.74, 6) is 0.680. The molecule has 0 fully saturated rings. The first-order valence-electron chi connectivity index (χ1n) is 7.45. The van der Waals surface area contributed by atoms with E-state index in [1.54, 1.807) is 0 Å². The maximum atomic E-state index is 12.5. The van der Waals surface area contributed by atoms with Crippen LogP contribution in [0.3, 0.4) is 0 Å². The van der Waals surface area contributed by atoms with Gasteiger partial charge < -0.3 is 10.1 Å². The van der Waals surface area contributed by atoms with Gasteiger partial charge in [0.25, 0.3) is 5.91 Å². The molecule has 1 atom stereocenters. The lowest BCUT2D eigenvalue weighted by atomic mass is 9.97. The second-order valence-electron chi connectivity index (χ2n) is 5.48. The summed E-state index contributed by atoms with van der Waals surface area (Å²) in [7, 11) is 0. The topological polar surface area (TPSA) is 56.1 Å². The number of rotatable bonds is 4. The molecule has 122 valence electrons. The molecule has 2 heterocycles. The van der Waals surface area contributed by atoms with E-state index < -0.39 is 12.5 Å². The van der Waals surface area contributed by atoms with Crippen LogP contribution in [-0.2, 0) is 6.42 Å². The van der Waals surface area contributed by atoms with Crippen LogP contribution in [0.4, 0.5) is 8.78 Å². The minimum Gasteiger partial charge on any atom is -0.493 e. The summed E-state index contributed by atoms with van der Waals surface area (Å²) >= 11 is 0. The van der Waals surface area contributed by atoms with E-state index in [1.165, 1.54) is 6.07 Å². The molecule has 5 nitrogen and oxygen atoms in total. The summed E-state index contributed by atoms with van der Waals surface area (Å²) in [4.78, 5) is 12.0. The average Bonchev–Trinajstić information content (AvgIpc) is 2.95. The number of aromatic nitrogens is 2. The Balaban J connectivity index is 1.58. The number of halogens is 2. The molecule has 1 aliphatic rings. The number of hydrogen-bond donors (Lipinski definition) is 1. The third-order valence-electron chi connectivity index (χ3n) is 3.86. The van der Waals surface area contributed by atoms with Crippen molar-refractivity contribution in [1.29, 1.82) is 0 Å². The van der Waals surface area contributed by atoms with Crippen LogP contribution in [0.1, 0.15) is 29.0 Å². The van der Waals surface area contributed by atoms with Gasteiger partial charge in [-0.3, -0.25) is 4.79 Å². The number of benzene rings is 1. The summed E-state index contributed by atoms with van der Waals surface area (Å²) in [5, 5.41) is 6.32. The Morgan fingerprint density at radius 2 is 2.22 bits per heavy atom. The number of ether oxygens (including phenoxy) is 1. The van der Waals surface area contributed by atoms with Gasteiger partial charge >= 0.3 is 6.55 Å². The van der Waals surface area contributed by atoms with E-state index in [1.807, 2.05) is 24.3 Å². The van der Waals surface area contributed by atoms with Gasteiger partial charge in [-0.1, -0.05) is 18.2 Å². The zero-order valence-corrected chi connectivity index (χ0v) is 12.4. The van der Waals surface area contributed by atoms with Crippen LogP contribution >= 0.6 is 0 Å². The summed E-state index contributed by atoms with van der Waals surface area (Å²) < 4.78 is 31.1. The van der Waals surface area contributed by atoms with Gasteiger partial charge in [0.05, 0.1) is 6.61 Å². The van der Waals surface area contributed by atoms with Crippen LogP contribution in [0, 0.1) is 5.92 Å². The number of amides is 1. The number of carbonyl (C=O) groups excluding carboxylic acids is 1. The predicted molar refractivity (Wildman–Crippen MR) is 79.6 cm³/mol. The molecule has 1 aromatic heterocycles. The quantitative estimate of drug-likeness (QED) is 0.942. The van der Waals surface area contributed by atoms with Crippen molar-refractivity contribution < 1.29 is 18.3 Å². The first-order valence-corrected chi connectivity index (χ1v) is 7.45. The summed E-state index contributed by atoms with van der Waals surface area (Å²) in [5.41, 5.74) is 1.11. The highest BCUT2D eigenvalue weighted by Crippen LogP contribution is 2.26. The molecule has 1 aromatic carbocycles. The van der Waals surface area contributed by atoms with E-state index in [2.05, 4.69) is 10.4 Å². The molecule has 3 rings (SSSR count). The summed E-state index contributed by atoms with van der Waals surface area (Å²) in [6, 6.07) is 9.13. The number of fused-ring (bicyclic) bond motifs is 1. The number of para-hydroxylation sites is 1. The lowest BCUT2D eigenvalue weighted by Gasteiger charge is -2.14. The van der Waals surface area contributed by atoms with E-state index in [0.717, 1.165) is 30.4 Å². The third kappa shape index (κ3) is 3.67. The van der Waals surface area contributed by atoms with Crippen LogP contribution in [0.5, 0.6) is 5.75 Å². The lowest BCUT2D eigenvalue weighted by Crippen LogP contribution is -2.30. The standard InChI is InChI=1S/C16H17F2N3O2/c17-16(18)21-7-5-13(20-21)15(22)19-10-11-6-8-23-14-4-2-1-3-12(14)9-11/h1-5,7,11,16H,6,8-10H2,(H,19,22)/t11-/m0/s1. The maximum absolute atomic E-state index is 12.5. The fourth-order valence-electron chi connectivity index (χ4n) is 2.63. The molecular weight excluding hydrogens is 304 g/mol. The van der Waals surface area contributed by atoms with E-state index in [-0.39, 0.29) is 11.6 Å². The fourth-order valence-corrected chi connectivity index (χ4v) is 2.63. The average molecular weight is 321 g/mol. The number of hydrogen-bond acceptors (Lipinski definition) is 3. The second kappa shape index (κ2) is 6.76. The maximum Gasteiger partial charge on any atom is 0.333 e. The Bertz CT molecular complexity index is 687. The van der Waals surface area contributed by atoms with Gasteiger partial charge in [-0.2, -0.15) is 13.9 Å². The predicted octanol–water partition coefficient (Wildman–Crippen LogP) is 2.65. The Morgan fingerprint density at radius 1 is 1.39 bits per heavy atom. The first-order chi connectivity index (χ1) is 11.1. The Labute approximate surface area is 132 Å². The molecule has 1 N–H and O–H groups in total. The van der Waals surface area contributed by atoms with E-state index in [9.17, 15) is 13.6 Å². The van der Waals surface area contributed by atoms with Crippen molar-refractivity contribution in [3.63, 3.8) is 0 Å². The van der Waals surface area contributed by atoms with Crippen LogP contribution in [0.15, 0.2) is 36.5 Å². The van der Waals surface area contributed by atoms with Crippen LogP contribution in [-0.4, -0.2) is 28.8 Å². The fraction of sp³-hybridized carbons (Fsp3) is 0.375. The van der Waals surface area contributed by atoms with Crippen molar-refractivity contribution in [2.75, 3.05) is 13.2 Å². The largest absolute Gasteiger partial charge is 0.493 e. The second-order valence-corrected chi connectivity index (χ2v) is 5.48. The molecule has 1 amide bonds. The monoisotopic (exact) mass is 321 g/mol. The minimum atomic E-state index is -2.74. The molecule has 0 spiro atoms. The van der Waals surface area contributed by atoms with Crippen LogP contribution in [0.2, 0.25) is 0 Å². The molecule has 7 heteroatoms. The highest BCUT2D eigenvalue weighted by molar-refractivity contribution is 5.92. The van der Waals surface area contributed by atoms with Crippen molar-refractivity contribution >= 4 is 5.91 Å². The van der Waals surface area contributed by atoms with E-state index in [4.69, 9.17) is 4.74 Å². The molecule has 2 aromatic rings. The minimum absolute atomic E-state index is 0.00410. The first kappa shape index (κ1) is 15.5. The number of alkyl halides is 2. The summed E-state index contributed by atoms with van der Waals surface area (Å²) in [6.07, 6.45) is 2.72. The summed E-state index contributed by atoms with van der Waals surface area (Å²) in [6.45, 7) is -1.69. The third-order valence-corrected chi connectivity index (χ3v) is 3.86. The molecule has 0 unspecified atom stereocenters. The van der Waals surface area contributed by atoms with Crippen LogP contribution in [0.25, 0.3) is 0 Å². The van der Waals surface area contributed by atoms with E-state index in [0.29, 0.717) is 17.8 Å². The van der Waals surface area contributed by atoms with Gasteiger partial charge in [0.2, 0.25) is 0 Å². The molecule has 0 saturated carbocycles. The molecule has 0 saturated heterocycles. The molecule has 0 bridgehead atoms. The van der Waals surface area contributed by atoms with Gasteiger partial charge in [-0.25, -0.2) is 4.68 Å². The van der Waals surface area contributed by atoms with Gasteiger partial charge in [-0.05, 0) is 36.5 Å². The van der Waals surface area contributed by atoms with Crippen molar-refractivity contribution in [3.05, 3.63) is 47.8 Å². The van der Waals surface area contributed by atoms with Gasteiger partial charge in [0, 0.05) is 12.7 Å². The number of carbonyl (C=O) groups is 1. The Hall–Kier alpha value is -2.44. The van der Waals surface area contributed by atoms with Gasteiger partial charge in [0.1, 0.15) is 11.4 Å². The molecule has 0 radical (unpaired) electrons. The number of nitrogens with one attached hydrogen (secondary N) is 1. The smallest absolute Gasteiger partial charge is 0.333 e. The van der Waals surface area contributed by atoms with Crippen LogP contribution < -0.4 is 10.1 Å². The zero-order valence-electron chi connectivity index (χ0n) is 12.4. The molecular formula is C16H17F2N3O2. The lowest BCUT2D eigenvalue weighted by molar-refractivity contribution is 0.0559. The van der Waals surface area contributed by atoms with Crippen molar-refractivity contribution in [2.45, 2.75) is 19.4 Å². The Kier molecular flexibility index (Phi) is 4.55. The van der Waals surface area contributed by atoms with Crippen molar-refractivity contribution in [2.24, 2.45) is 5.92 Å². The Morgan fingerprint density at radius 3 is 3.00 bits per heavy atom. The SMILES string of the molecule is O=C(NC[C@H]1CCOc2ccccc2C1)c1ccn(C(F)F)n1.